The molecule has 2 saturated heterocycles. The van der Waals surface area contributed by atoms with Gasteiger partial charge in [0.15, 0.2) is 0 Å². The molecule has 2 aliphatic rings. The van der Waals surface area contributed by atoms with E-state index < -0.39 is 29.7 Å². The van der Waals surface area contributed by atoms with Crippen molar-refractivity contribution >= 4 is 11.9 Å². The van der Waals surface area contributed by atoms with Gasteiger partial charge in [0.05, 0.1) is 18.7 Å². The largest absolute Gasteiger partial charge is 0.467 e. The van der Waals surface area contributed by atoms with Crippen LogP contribution in [0.3, 0.4) is 0 Å². The van der Waals surface area contributed by atoms with Crippen molar-refractivity contribution in [2.75, 3.05) is 14.2 Å². The molecule has 3 rings (SSSR count). The number of benzene rings is 1. The Labute approximate surface area is 135 Å². The number of hydrogen-bond donors (Lipinski definition) is 1. The smallest absolute Gasteiger partial charge is 0.343 e. The molecule has 4 atom stereocenters. The highest BCUT2D eigenvalue weighted by Crippen LogP contribution is 2.42. The SMILES string of the molecule is COC(=O)[C@]1(O)[C@@H](OC(=O)c2ccccc2)C[C@H]2CC[C@@H]1N2C. The van der Waals surface area contributed by atoms with Gasteiger partial charge in [-0.1, -0.05) is 18.2 Å². The fourth-order valence-electron chi connectivity index (χ4n) is 3.81. The zero-order chi connectivity index (χ0) is 16.6. The number of piperidine rings is 1. The summed E-state index contributed by atoms with van der Waals surface area (Å²) in [5, 5.41) is 11.1. The van der Waals surface area contributed by atoms with E-state index in [-0.39, 0.29) is 6.04 Å². The first-order valence-electron chi connectivity index (χ1n) is 7.77. The number of hydrogen-bond acceptors (Lipinski definition) is 6. The molecule has 6 nitrogen and oxygen atoms in total. The van der Waals surface area contributed by atoms with E-state index in [1.807, 2.05) is 11.9 Å². The van der Waals surface area contributed by atoms with Gasteiger partial charge in [-0.2, -0.15) is 0 Å². The lowest BCUT2D eigenvalue weighted by Gasteiger charge is -2.46. The minimum atomic E-state index is -1.83. The minimum absolute atomic E-state index is 0.193. The summed E-state index contributed by atoms with van der Waals surface area (Å²) >= 11 is 0. The number of likely N-dealkylation sites (N-methyl/N-ethyl adjacent to an activating group) is 1. The van der Waals surface area contributed by atoms with Crippen molar-refractivity contribution in [2.45, 2.75) is 43.1 Å². The number of esters is 2. The molecule has 2 bridgehead atoms. The van der Waals surface area contributed by atoms with Crippen LogP contribution in [0.2, 0.25) is 0 Å². The summed E-state index contributed by atoms with van der Waals surface area (Å²) in [6.07, 6.45) is 1.04. The van der Waals surface area contributed by atoms with Crippen LogP contribution in [-0.4, -0.2) is 59.9 Å². The molecule has 0 spiro atoms. The van der Waals surface area contributed by atoms with E-state index in [0.717, 1.165) is 6.42 Å². The second-order valence-electron chi connectivity index (χ2n) is 6.23. The van der Waals surface area contributed by atoms with Gasteiger partial charge >= 0.3 is 11.9 Å². The van der Waals surface area contributed by atoms with E-state index >= 15 is 0 Å². The molecule has 1 N–H and O–H groups in total. The van der Waals surface area contributed by atoms with Crippen LogP contribution in [-0.2, 0) is 14.3 Å². The molecule has 0 radical (unpaired) electrons. The van der Waals surface area contributed by atoms with Crippen molar-refractivity contribution in [1.29, 1.82) is 0 Å². The highest BCUT2D eigenvalue weighted by atomic mass is 16.6. The highest BCUT2D eigenvalue weighted by Gasteiger charge is 2.61. The normalized spacial score (nSPS) is 33.3. The van der Waals surface area contributed by atoms with Crippen LogP contribution in [0.4, 0.5) is 0 Å². The molecular weight excluding hydrogens is 298 g/mol. The van der Waals surface area contributed by atoms with E-state index in [1.165, 1.54) is 7.11 Å². The van der Waals surface area contributed by atoms with Gasteiger partial charge in [0.1, 0.15) is 6.10 Å². The first-order chi connectivity index (χ1) is 11.0. The number of ether oxygens (including phenoxy) is 2. The van der Waals surface area contributed by atoms with Gasteiger partial charge in [-0.15, -0.1) is 0 Å². The van der Waals surface area contributed by atoms with Crippen molar-refractivity contribution < 1.29 is 24.2 Å². The maximum Gasteiger partial charge on any atom is 0.343 e. The molecule has 1 aromatic rings. The van der Waals surface area contributed by atoms with Crippen LogP contribution in [0.15, 0.2) is 30.3 Å². The Bertz CT molecular complexity index is 604. The van der Waals surface area contributed by atoms with Gasteiger partial charge in [0.25, 0.3) is 0 Å². The average molecular weight is 319 g/mol. The summed E-state index contributed by atoms with van der Waals surface area (Å²) in [7, 11) is 3.11. The number of carbonyl (C=O) groups excluding carboxylic acids is 2. The Balaban J connectivity index is 1.87. The topological polar surface area (TPSA) is 76.1 Å². The number of methoxy groups -OCH3 is 1. The maximum atomic E-state index is 12.3. The predicted molar refractivity (Wildman–Crippen MR) is 81.8 cm³/mol. The highest BCUT2D eigenvalue weighted by molar-refractivity contribution is 5.90. The Morgan fingerprint density at radius 1 is 1.26 bits per heavy atom. The molecule has 1 aromatic carbocycles. The minimum Gasteiger partial charge on any atom is -0.467 e. The molecule has 0 unspecified atom stereocenters. The molecule has 0 amide bonds. The molecule has 124 valence electrons. The third-order valence-corrected chi connectivity index (χ3v) is 5.10. The molecule has 0 aromatic heterocycles. The Hall–Kier alpha value is -1.92. The van der Waals surface area contributed by atoms with Crippen LogP contribution in [0, 0.1) is 0 Å². The van der Waals surface area contributed by atoms with Crippen molar-refractivity contribution in [3.05, 3.63) is 35.9 Å². The first-order valence-corrected chi connectivity index (χ1v) is 7.77. The molecule has 0 aliphatic carbocycles. The van der Waals surface area contributed by atoms with E-state index in [2.05, 4.69) is 0 Å². The van der Waals surface area contributed by atoms with Crippen LogP contribution in [0.1, 0.15) is 29.6 Å². The second kappa shape index (κ2) is 5.94. The number of aliphatic hydroxyl groups is 1. The average Bonchev–Trinajstić information content (AvgIpc) is 2.86. The lowest BCUT2D eigenvalue weighted by molar-refractivity contribution is -0.195. The van der Waals surface area contributed by atoms with Gasteiger partial charge in [-0.3, -0.25) is 4.90 Å². The zero-order valence-corrected chi connectivity index (χ0v) is 13.3. The summed E-state index contributed by atoms with van der Waals surface area (Å²) in [4.78, 5) is 26.6. The van der Waals surface area contributed by atoms with Crippen LogP contribution < -0.4 is 0 Å². The Morgan fingerprint density at radius 2 is 1.96 bits per heavy atom. The Kier molecular flexibility index (Phi) is 4.12. The number of carbonyl (C=O) groups is 2. The number of nitrogens with zero attached hydrogens (tertiary/aromatic N) is 1. The third kappa shape index (κ3) is 2.52. The molecule has 2 aliphatic heterocycles. The number of fused-ring (bicyclic) bond motifs is 2. The lowest BCUT2D eigenvalue weighted by atomic mass is 9.82. The summed E-state index contributed by atoms with van der Waals surface area (Å²) < 4.78 is 10.3. The standard InChI is InChI=1S/C17H21NO5/c1-18-12-8-9-13(18)17(21,16(20)22-2)14(10-12)23-15(19)11-6-4-3-5-7-11/h3-7,12-14,21H,8-10H2,1-2H3/t12-,13+,14+,17-/m1/s1. The zero-order valence-electron chi connectivity index (χ0n) is 13.3. The van der Waals surface area contributed by atoms with E-state index in [0.29, 0.717) is 18.4 Å². The molecule has 2 heterocycles. The number of rotatable bonds is 3. The van der Waals surface area contributed by atoms with Gasteiger partial charge in [0, 0.05) is 12.5 Å². The maximum absolute atomic E-state index is 12.3. The summed E-state index contributed by atoms with van der Waals surface area (Å²) in [6.45, 7) is 0. The van der Waals surface area contributed by atoms with E-state index in [1.54, 1.807) is 30.3 Å². The second-order valence-corrected chi connectivity index (χ2v) is 6.23. The van der Waals surface area contributed by atoms with Crippen molar-refractivity contribution in [3.63, 3.8) is 0 Å². The van der Waals surface area contributed by atoms with Gasteiger partial charge < -0.3 is 14.6 Å². The summed E-state index contributed by atoms with van der Waals surface area (Å²) in [6, 6.07) is 8.35. The van der Waals surface area contributed by atoms with Gasteiger partial charge in [-0.05, 0) is 32.0 Å². The van der Waals surface area contributed by atoms with Gasteiger partial charge in [0.2, 0.25) is 5.60 Å². The van der Waals surface area contributed by atoms with E-state index in [4.69, 9.17) is 9.47 Å². The van der Waals surface area contributed by atoms with Crippen LogP contribution in [0.25, 0.3) is 0 Å². The van der Waals surface area contributed by atoms with Crippen LogP contribution >= 0.6 is 0 Å². The van der Waals surface area contributed by atoms with Crippen molar-refractivity contribution in [2.24, 2.45) is 0 Å². The molecule has 23 heavy (non-hydrogen) atoms. The van der Waals surface area contributed by atoms with Crippen molar-refractivity contribution in [1.82, 2.24) is 4.90 Å². The predicted octanol–water partition coefficient (Wildman–Crippen LogP) is 0.983. The van der Waals surface area contributed by atoms with Crippen molar-refractivity contribution in [3.8, 4) is 0 Å². The molecular formula is C17H21NO5. The monoisotopic (exact) mass is 319 g/mol. The molecule has 2 fully saturated rings. The fourth-order valence-corrected chi connectivity index (χ4v) is 3.81. The summed E-state index contributed by atoms with van der Waals surface area (Å²) in [5.41, 5.74) is -1.44. The first kappa shape index (κ1) is 16.0. The van der Waals surface area contributed by atoms with E-state index in [9.17, 15) is 14.7 Å². The third-order valence-electron chi connectivity index (χ3n) is 5.10. The van der Waals surface area contributed by atoms with Gasteiger partial charge in [-0.25, -0.2) is 9.59 Å². The van der Waals surface area contributed by atoms with Crippen LogP contribution in [0.5, 0.6) is 0 Å². The molecule has 0 saturated carbocycles. The fraction of sp³-hybridized carbons (Fsp3) is 0.529. The quantitative estimate of drug-likeness (QED) is 0.837. The Morgan fingerprint density at radius 3 is 2.61 bits per heavy atom. The molecule has 6 heteroatoms. The lowest BCUT2D eigenvalue weighted by Crippen LogP contribution is -2.67. The summed E-state index contributed by atoms with van der Waals surface area (Å²) in [5.74, 6) is -1.29.